The highest BCUT2D eigenvalue weighted by Crippen LogP contribution is 2.20. The molecule has 0 bridgehead atoms. The fraction of sp³-hybridized carbons (Fsp3) is 0.231. The highest BCUT2D eigenvalue weighted by Gasteiger charge is 2.04. The second kappa shape index (κ2) is 4.00. The Hall–Kier alpha value is -0.770. The number of hydrogen-bond acceptors (Lipinski definition) is 0. The van der Waals surface area contributed by atoms with E-state index in [1.807, 2.05) is 0 Å². The van der Waals surface area contributed by atoms with Crippen LogP contribution in [0, 0.1) is 24.3 Å². The van der Waals surface area contributed by atoms with E-state index in [4.69, 9.17) is 0 Å². The third-order valence-corrected chi connectivity index (χ3v) is 3.85. The molecule has 0 atom stereocenters. The second-order valence-electron chi connectivity index (χ2n) is 3.88. The van der Waals surface area contributed by atoms with Crippen LogP contribution in [-0.2, 0) is 0 Å². The maximum atomic E-state index is 2.38. The van der Waals surface area contributed by atoms with Crippen LogP contribution in [0.2, 0.25) is 0 Å². The summed E-state index contributed by atoms with van der Waals surface area (Å²) in [6.45, 7) is 6.42. The molecule has 0 N–H and O–H groups in total. The van der Waals surface area contributed by atoms with Crippen molar-refractivity contribution in [1.29, 1.82) is 0 Å². The van der Waals surface area contributed by atoms with Gasteiger partial charge in [0.1, 0.15) is 0 Å². The predicted octanol–water partition coefficient (Wildman–Crippen LogP) is 4.01. The molecule has 2 rings (SSSR count). The van der Waals surface area contributed by atoms with Gasteiger partial charge in [-0.15, -0.1) is 0 Å². The van der Waals surface area contributed by atoms with Crippen molar-refractivity contribution in [2.75, 3.05) is 0 Å². The summed E-state index contributed by atoms with van der Waals surface area (Å²) in [4.78, 5) is 0. The summed E-state index contributed by atoms with van der Waals surface area (Å²) in [5.41, 5.74) is 5.16. The molecule has 1 aromatic carbocycles. The van der Waals surface area contributed by atoms with Gasteiger partial charge in [-0.05, 0) is 73.2 Å². The van der Waals surface area contributed by atoms with Gasteiger partial charge in [-0.3, -0.25) is 0 Å². The summed E-state index contributed by atoms with van der Waals surface area (Å²) in [7, 11) is 0. The number of nitrogens with zero attached hydrogens (tertiary/aromatic N) is 1. The van der Waals surface area contributed by atoms with Crippen LogP contribution in [0.15, 0.2) is 30.3 Å². The van der Waals surface area contributed by atoms with Gasteiger partial charge in [0.25, 0.3) is 0 Å². The number of hydrogen-bond donors (Lipinski definition) is 0. The molecule has 0 aliphatic carbocycles. The van der Waals surface area contributed by atoms with Gasteiger partial charge in [-0.1, -0.05) is 6.07 Å². The summed E-state index contributed by atoms with van der Waals surface area (Å²) in [6, 6.07) is 10.9. The molecule has 15 heavy (non-hydrogen) atoms. The largest absolute Gasteiger partial charge is 0.318 e. The molecule has 78 valence electrons. The molecule has 1 aromatic heterocycles. The molecule has 0 fully saturated rings. The van der Waals surface area contributed by atoms with Gasteiger partial charge in [0.05, 0.1) is 0 Å². The Kier molecular flexibility index (Phi) is 2.87. The molecule has 1 nitrogen and oxygen atoms in total. The minimum Gasteiger partial charge on any atom is -0.318 e. The zero-order valence-electron chi connectivity index (χ0n) is 9.21. The Morgan fingerprint density at radius 1 is 0.933 bits per heavy atom. The van der Waals surface area contributed by atoms with Crippen molar-refractivity contribution in [3.63, 3.8) is 0 Å². The summed E-state index contributed by atoms with van der Waals surface area (Å²) >= 11 is 2.38. The highest BCUT2D eigenvalue weighted by molar-refractivity contribution is 14.1. The minimum atomic E-state index is 1.25. The maximum Gasteiger partial charge on any atom is 0.0465 e. The van der Waals surface area contributed by atoms with Gasteiger partial charge < -0.3 is 4.57 Å². The Labute approximate surface area is 104 Å². The van der Waals surface area contributed by atoms with E-state index in [2.05, 4.69) is 78.3 Å². The maximum absolute atomic E-state index is 2.38. The zero-order chi connectivity index (χ0) is 11.0. The van der Waals surface area contributed by atoms with Crippen molar-refractivity contribution in [3.05, 3.63) is 50.9 Å². The van der Waals surface area contributed by atoms with E-state index in [0.717, 1.165) is 0 Å². The number of rotatable bonds is 1. The SMILES string of the molecule is Cc1ccc(-n2c(C)ccc2C)cc1I. The van der Waals surface area contributed by atoms with E-state index < -0.39 is 0 Å². The first-order valence-corrected chi connectivity index (χ1v) is 6.09. The molecule has 0 radical (unpaired) electrons. The average molecular weight is 311 g/mol. The molecule has 2 aromatic rings. The Morgan fingerprint density at radius 3 is 2.07 bits per heavy atom. The lowest BCUT2D eigenvalue weighted by Gasteiger charge is -2.10. The number of halogens is 1. The Balaban J connectivity index is 2.59. The topological polar surface area (TPSA) is 4.93 Å². The molecular formula is C13H14IN. The van der Waals surface area contributed by atoms with Crippen LogP contribution in [0.5, 0.6) is 0 Å². The van der Waals surface area contributed by atoms with Crippen molar-refractivity contribution in [1.82, 2.24) is 4.57 Å². The van der Waals surface area contributed by atoms with E-state index in [-0.39, 0.29) is 0 Å². The molecule has 2 heteroatoms. The highest BCUT2D eigenvalue weighted by atomic mass is 127. The van der Waals surface area contributed by atoms with Crippen molar-refractivity contribution >= 4 is 22.6 Å². The van der Waals surface area contributed by atoms with Gasteiger partial charge in [0.2, 0.25) is 0 Å². The monoisotopic (exact) mass is 311 g/mol. The zero-order valence-corrected chi connectivity index (χ0v) is 11.4. The molecule has 0 saturated carbocycles. The van der Waals surface area contributed by atoms with Gasteiger partial charge >= 0.3 is 0 Å². The standard InChI is InChI=1S/C13H14IN/c1-9-4-7-12(8-13(9)14)15-10(2)5-6-11(15)3/h4-8H,1-3H3. The quantitative estimate of drug-likeness (QED) is 0.701. The van der Waals surface area contributed by atoms with E-state index >= 15 is 0 Å². The number of aromatic nitrogens is 1. The lowest BCUT2D eigenvalue weighted by atomic mass is 10.2. The molecule has 0 aliphatic heterocycles. The first kappa shape index (κ1) is 10.7. The summed E-state index contributed by atoms with van der Waals surface area (Å²) in [5, 5.41) is 0. The van der Waals surface area contributed by atoms with E-state index in [1.54, 1.807) is 0 Å². The number of benzene rings is 1. The van der Waals surface area contributed by atoms with Crippen LogP contribution in [-0.4, -0.2) is 4.57 Å². The van der Waals surface area contributed by atoms with Gasteiger partial charge in [0, 0.05) is 20.6 Å². The molecular weight excluding hydrogens is 297 g/mol. The molecule has 1 heterocycles. The summed E-state index contributed by atoms with van der Waals surface area (Å²) in [5.74, 6) is 0. The fourth-order valence-electron chi connectivity index (χ4n) is 1.80. The lowest BCUT2D eigenvalue weighted by Crippen LogP contribution is -1.99. The van der Waals surface area contributed by atoms with Crippen LogP contribution in [0.4, 0.5) is 0 Å². The van der Waals surface area contributed by atoms with Gasteiger partial charge in [-0.2, -0.15) is 0 Å². The number of aryl methyl sites for hydroxylation is 3. The van der Waals surface area contributed by atoms with Crippen molar-refractivity contribution in [2.45, 2.75) is 20.8 Å². The van der Waals surface area contributed by atoms with Crippen LogP contribution in [0.3, 0.4) is 0 Å². The molecule has 0 aliphatic rings. The lowest BCUT2D eigenvalue weighted by molar-refractivity contribution is 0.963. The third kappa shape index (κ3) is 1.95. The van der Waals surface area contributed by atoms with E-state index in [0.29, 0.717) is 0 Å². The van der Waals surface area contributed by atoms with Gasteiger partial charge in [0.15, 0.2) is 0 Å². The van der Waals surface area contributed by atoms with Crippen LogP contribution >= 0.6 is 22.6 Å². The van der Waals surface area contributed by atoms with Crippen molar-refractivity contribution in [3.8, 4) is 5.69 Å². The summed E-state index contributed by atoms with van der Waals surface area (Å²) in [6.07, 6.45) is 0. The van der Waals surface area contributed by atoms with Crippen LogP contribution < -0.4 is 0 Å². The third-order valence-electron chi connectivity index (χ3n) is 2.68. The Bertz CT molecular complexity index is 478. The molecule has 0 spiro atoms. The average Bonchev–Trinajstić information content (AvgIpc) is 2.52. The van der Waals surface area contributed by atoms with Gasteiger partial charge in [-0.25, -0.2) is 0 Å². The van der Waals surface area contributed by atoms with Crippen molar-refractivity contribution in [2.24, 2.45) is 0 Å². The first-order valence-electron chi connectivity index (χ1n) is 5.01. The fourth-order valence-corrected chi connectivity index (χ4v) is 2.30. The normalized spacial score (nSPS) is 10.7. The second-order valence-corrected chi connectivity index (χ2v) is 5.05. The Morgan fingerprint density at radius 2 is 1.53 bits per heavy atom. The smallest absolute Gasteiger partial charge is 0.0465 e. The van der Waals surface area contributed by atoms with Crippen molar-refractivity contribution < 1.29 is 0 Å². The van der Waals surface area contributed by atoms with Crippen LogP contribution in [0.1, 0.15) is 17.0 Å². The first-order chi connectivity index (χ1) is 7.09. The van der Waals surface area contributed by atoms with E-state index in [1.165, 1.54) is 26.2 Å². The molecule has 0 saturated heterocycles. The van der Waals surface area contributed by atoms with E-state index in [9.17, 15) is 0 Å². The molecule has 0 amide bonds. The summed E-state index contributed by atoms with van der Waals surface area (Å²) < 4.78 is 3.60. The predicted molar refractivity (Wildman–Crippen MR) is 72.7 cm³/mol. The van der Waals surface area contributed by atoms with Crippen LogP contribution in [0.25, 0.3) is 5.69 Å². The molecule has 0 unspecified atom stereocenters. The minimum absolute atomic E-state index is 1.25.